The average molecular weight is 455 g/mol. The lowest BCUT2D eigenvalue weighted by Gasteiger charge is -2.16. The van der Waals surface area contributed by atoms with E-state index < -0.39 is 0 Å². The molecule has 0 radical (unpaired) electrons. The van der Waals surface area contributed by atoms with Crippen molar-refractivity contribution in [3.63, 3.8) is 0 Å². The number of hydrogen-bond donors (Lipinski definition) is 0. The van der Waals surface area contributed by atoms with E-state index in [0.717, 1.165) is 40.5 Å². The monoisotopic (exact) mass is 454 g/mol. The fourth-order valence-corrected chi connectivity index (χ4v) is 4.63. The molecule has 0 N–H and O–H groups in total. The molecule has 1 heterocycles. The zero-order valence-corrected chi connectivity index (χ0v) is 20.6. The molecule has 0 aliphatic carbocycles. The van der Waals surface area contributed by atoms with E-state index in [9.17, 15) is 0 Å². The second-order valence-electron chi connectivity index (χ2n) is 7.91. The number of methoxy groups -OCH3 is 3. The van der Waals surface area contributed by atoms with Crippen LogP contribution in [-0.2, 0) is 6.54 Å². The van der Waals surface area contributed by atoms with E-state index in [2.05, 4.69) is 48.5 Å². The van der Waals surface area contributed by atoms with Gasteiger partial charge in [0.25, 0.3) is 0 Å². The summed E-state index contributed by atoms with van der Waals surface area (Å²) in [5.74, 6) is 1.90. The number of rotatable bonds is 12. The van der Waals surface area contributed by atoms with Crippen LogP contribution in [0.25, 0.3) is 21.7 Å². The quantitative estimate of drug-likeness (QED) is 0.292. The highest BCUT2D eigenvalue weighted by Gasteiger charge is 2.17. The van der Waals surface area contributed by atoms with Gasteiger partial charge in [0.1, 0.15) is 5.01 Å². The van der Waals surface area contributed by atoms with Crippen LogP contribution in [0.15, 0.2) is 41.8 Å². The Labute approximate surface area is 196 Å². The molecule has 0 saturated heterocycles. The largest absolute Gasteiger partial charge is 0.493 e. The van der Waals surface area contributed by atoms with E-state index in [1.807, 2.05) is 12.1 Å². The van der Waals surface area contributed by atoms with Gasteiger partial charge >= 0.3 is 0 Å². The minimum atomic E-state index is 0.594. The third kappa shape index (κ3) is 5.81. The van der Waals surface area contributed by atoms with Crippen LogP contribution >= 0.6 is 11.3 Å². The van der Waals surface area contributed by atoms with Crippen molar-refractivity contribution in [3.8, 4) is 38.9 Å². The molecule has 0 fully saturated rings. The van der Waals surface area contributed by atoms with Crippen molar-refractivity contribution in [3.05, 3.63) is 47.5 Å². The lowest BCUT2D eigenvalue weighted by atomic mass is 10.0. The van der Waals surface area contributed by atoms with Crippen LogP contribution in [-0.4, -0.2) is 44.8 Å². The molecule has 1 aromatic heterocycles. The molecule has 172 valence electrons. The lowest BCUT2D eigenvalue weighted by molar-refractivity contribution is 0.314. The van der Waals surface area contributed by atoms with E-state index >= 15 is 0 Å². The summed E-state index contributed by atoms with van der Waals surface area (Å²) in [7, 11) is 7.07. The zero-order chi connectivity index (χ0) is 22.9. The van der Waals surface area contributed by atoms with Crippen molar-refractivity contribution in [2.75, 3.05) is 34.9 Å². The van der Waals surface area contributed by atoms with Crippen LogP contribution in [0.2, 0.25) is 0 Å². The molecule has 3 rings (SSSR count). The van der Waals surface area contributed by atoms with Crippen LogP contribution in [0.4, 0.5) is 0 Å². The first-order chi connectivity index (χ1) is 15.6. The number of aromatic nitrogens is 1. The first-order valence-electron chi connectivity index (χ1n) is 11.1. The number of thiazole rings is 1. The summed E-state index contributed by atoms with van der Waals surface area (Å²) in [5.41, 5.74) is 4.22. The van der Waals surface area contributed by atoms with Crippen LogP contribution in [0.1, 0.15) is 38.3 Å². The molecular formula is C26H34N2O3S. The fraction of sp³-hybridized carbons (Fsp3) is 0.423. The molecule has 0 aliphatic heterocycles. The van der Waals surface area contributed by atoms with Gasteiger partial charge in [0.05, 0.1) is 27.0 Å². The minimum absolute atomic E-state index is 0.594. The van der Waals surface area contributed by atoms with Gasteiger partial charge in [-0.15, -0.1) is 11.3 Å². The highest BCUT2D eigenvalue weighted by atomic mass is 32.1. The maximum Gasteiger partial charge on any atom is 0.203 e. The molecule has 32 heavy (non-hydrogen) atoms. The van der Waals surface area contributed by atoms with Gasteiger partial charge in [-0.1, -0.05) is 44.4 Å². The minimum Gasteiger partial charge on any atom is -0.493 e. The first kappa shape index (κ1) is 24.1. The van der Waals surface area contributed by atoms with Gasteiger partial charge in [-0.2, -0.15) is 0 Å². The Morgan fingerprint density at radius 3 is 2.41 bits per heavy atom. The topological polar surface area (TPSA) is 43.8 Å². The summed E-state index contributed by atoms with van der Waals surface area (Å²) in [6, 6.07) is 12.3. The first-order valence-corrected chi connectivity index (χ1v) is 12.0. The van der Waals surface area contributed by atoms with Gasteiger partial charge in [-0.05, 0) is 43.8 Å². The third-order valence-corrected chi connectivity index (χ3v) is 6.44. The van der Waals surface area contributed by atoms with Crippen LogP contribution in [0, 0.1) is 0 Å². The molecular weight excluding hydrogens is 420 g/mol. The number of hydrogen-bond acceptors (Lipinski definition) is 6. The number of unbranched alkanes of at least 4 members (excludes halogenated alkanes) is 3. The van der Waals surface area contributed by atoms with Crippen molar-refractivity contribution in [2.45, 2.75) is 39.2 Å². The molecule has 5 nitrogen and oxygen atoms in total. The maximum atomic E-state index is 5.68. The summed E-state index contributed by atoms with van der Waals surface area (Å²) in [6.07, 6.45) is 5.13. The SMILES string of the molecule is CCCCCCN(C)Cc1csc(-c2cccc(-c3ccc(OC)c(OC)c3OC)c2)n1. The summed E-state index contributed by atoms with van der Waals surface area (Å²) in [4.78, 5) is 7.26. The summed E-state index contributed by atoms with van der Waals surface area (Å²) in [6.45, 7) is 4.24. The number of benzene rings is 2. The van der Waals surface area contributed by atoms with Gasteiger partial charge in [0, 0.05) is 23.1 Å². The summed E-state index contributed by atoms with van der Waals surface area (Å²) in [5, 5.41) is 3.20. The molecule has 2 aromatic carbocycles. The van der Waals surface area contributed by atoms with Crippen LogP contribution in [0.3, 0.4) is 0 Å². The van der Waals surface area contributed by atoms with Crippen molar-refractivity contribution in [1.29, 1.82) is 0 Å². The standard InChI is InChI=1S/C26H34N2O3S/c1-6-7-8-9-15-28(2)17-21-18-32-26(27-21)20-12-10-11-19(16-20)22-13-14-23(29-3)25(31-5)24(22)30-4/h10-14,16,18H,6-9,15,17H2,1-5H3. The highest BCUT2D eigenvalue weighted by molar-refractivity contribution is 7.13. The van der Waals surface area contributed by atoms with Crippen molar-refractivity contribution in [2.24, 2.45) is 0 Å². The van der Waals surface area contributed by atoms with E-state index in [-0.39, 0.29) is 0 Å². The Hall–Kier alpha value is -2.57. The second-order valence-corrected chi connectivity index (χ2v) is 8.76. The van der Waals surface area contributed by atoms with Crippen LogP contribution in [0.5, 0.6) is 17.2 Å². The third-order valence-electron chi connectivity index (χ3n) is 5.50. The van der Waals surface area contributed by atoms with Crippen molar-refractivity contribution >= 4 is 11.3 Å². The fourth-order valence-electron chi connectivity index (χ4n) is 3.82. The number of ether oxygens (including phenoxy) is 3. The van der Waals surface area contributed by atoms with E-state index in [4.69, 9.17) is 19.2 Å². The Morgan fingerprint density at radius 2 is 1.69 bits per heavy atom. The Bertz CT molecular complexity index is 1000. The summed E-state index contributed by atoms with van der Waals surface area (Å²) < 4.78 is 16.6. The Morgan fingerprint density at radius 1 is 0.906 bits per heavy atom. The molecule has 0 bridgehead atoms. The van der Waals surface area contributed by atoms with Gasteiger partial charge < -0.3 is 19.1 Å². The highest BCUT2D eigenvalue weighted by Crippen LogP contribution is 2.44. The average Bonchev–Trinajstić information content (AvgIpc) is 3.29. The molecule has 0 amide bonds. The van der Waals surface area contributed by atoms with Crippen LogP contribution < -0.4 is 14.2 Å². The number of nitrogens with zero attached hydrogens (tertiary/aromatic N) is 2. The molecule has 0 spiro atoms. The molecule has 6 heteroatoms. The van der Waals surface area contributed by atoms with Gasteiger partial charge in [-0.25, -0.2) is 4.98 Å². The predicted molar refractivity (Wildman–Crippen MR) is 133 cm³/mol. The maximum absolute atomic E-state index is 5.68. The van der Waals surface area contributed by atoms with Gasteiger partial charge in [-0.3, -0.25) is 0 Å². The molecule has 0 saturated carbocycles. The van der Waals surface area contributed by atoms with E-state index in [0.29, 0.717) is 17.2 Å². The Kier molecular flexibility index (Phi) is 8.94. The molecule has 0 unspecified atom stereocenters. The molecule has 0 aliphatic rings. The van der Waals surface area contributed by atoms with Crippen molar-refractivity contribution < 1.29 is 14.2 Å². The second kappa shape index (κ2) is 11.9. The van der Waals surface area contributed by atoms with Gasteiger partial charge in [0.2, 0.25) is 5.75 Å². The predicted octanol–water partition coefficient (Wildman–Crippen LogP) is 6.52. The smallest absolute Gasteiger partial charge is 0.203 e. The van der Waals surface area contributed by atoms with E-state index in [1.54, 1.807) is 32.7 Å². The van der Waals surface area contributed by atoms with E-state index in [1.165, 1.54) is 25.7 Å². The summed E-state index contributed by atoms with van der Waals surface area (Å²) >= 11 is 1.69. The Balaban J connectivity index is 1.79. The normalized spacial score (nSPS) is 11.1. The lowest BCUT2D eigenvalue weighted by Crippen LogP contribution is -2.19. The van der Waals surface area contributed by atoms with Crippen molar-refractivity contribution in [1.82, 2.24) is 9.88 Å². The molecule has 3 aromatic rings. The van der Waals surface area contributed by atoms with Gasteiger partial charge in [0.15, 0.2) is 11.5 Å². The zero-order valence-electron chi connectivity index (χ0n) is 19.8. The molecule has 0 atom stereocenters.